The van der Waals surface area contributed by atoms with Gasteiger partial charge in [-0.1, -0.05) is 13.0 Å². The van der Waals surface area contributed by atoms with Gasteiger partial charge in [0, 0.05) is 30.5 Å². The molecule has 1 fully saturated rings. The van der Waals surface area contributed by atoms with E-state index in [1.54, 1.807) is 6.20 Å². The average Bonchev–Trinajstić information content (AvgIpc) is 2.93. The molecule has 3 heterocycles. The van der Waals surface area contributed by atoms with E-state index in [1.165, 1.54) is 23.0 Å². The minimum Gasteiger partial charge on any atom is -0.382 e. The zero-order chi connectivity index (χ0) is 13.4. The fourth-order valence-corrected chi connectivity index (χ4v) is 3.80. The van der Waals surface area contributed by atoms with Crippen LogP contribution in [-0.4, -0.2) is 21.9 Å². The molecule has 5 heteroatoms. The first-order valence-electron chi connectivity index (χ1n) is 6.59. The van der Waals surface area contributed by atoms with Crippen LogP contribution in [-0.2, 0) is 0 Å². The molecule has 19 heavy (non-hydrogen) atoms. The van der Waals surface area contributed by atoms with Crippen molar-refractivity contribution in [2.75, 3.05) is 17.2 Å². The molecule has 1 aliphatic rings. The van der Waals surface area contributed by atoms with Crippen molar-refractivity contribution in [2.45, 2.75) is 26.3 Å². The number of pyridine rings is 1. The highest BCUT2D eigenvalue weighted by molar-refractivity contribution is 7.11. The first-order chi connectivity index (χ1) is 9.16. The lowest BCUT2D eigenvalue weighted by molar-refractivity contribution is 0.625. The molecule has 0 radical (unpaired) electrons. The zero-order valence-electron chi connectivity index (χ0n) is 11.2. The van der Waals surface area contributed by atoms with Crippen LogP contribution >= 0.6 is 11.5 Å². The van der Waals surface area contributed by atoms with Gasteiger partial charge in [0.1, 0.15) is 10.8 Å². The van der Waals surface area contributed by atoms with E-state index < -0.39 is 0 Å². The fourth-order valence-electron chi connectivity index (χ4n) is 2.85. The Bertz CT molecular complexity index is 566. The SMILES string of the molecule is CC1CC(C)N(c2snc(N)c2-c2cccnc2)C1. The molecule has 100 valence electrons. The maximum atomic E-state index is 6.07. The van der Waals surface area contributed by atoms with Gasteiger partial charge in [0.15, 0.2) is 0 Å². The molecule has 2 N–H and O–H groups in total. The van der Waals surface area contributed by atoms with Crippen molar-refractivity contribution in [2.24, 2.45) is 5.92 Å². The van der Waals surface area contributed by atoms with Gasteiger partial charge in [0.05, 0.1) is 5.56 Å². The van der Waals surface area contributed by atoms with Gasteiger partial charge in [0.25, 0.3) is 0 Å². The molecule has 0 spiro atoms. The van der Waals surface area contributed by atoms with Crippen LogP contribution in [0, 0.1) is 5.92 Å². The van der Waals surface area contributed by atoms with Crippen LogP contribution in [0.2, 0.25) is 0 Å². The van der Waals surface area contributed by atoms with Crippen molar-refractivity contribution < 1.29 is 0 Å². The number of nitrogens with zero attached hydrogens (tertiary/aromatic N) is 3. The second-order valence-corrected chi connectivity index (χ2v) is 6.08. The summed E-state index contributed by atoms with van der Waals surface area (Å²) < 4.78 is 4.35. The second-order valence-electron chi connectivity index (χ2n) is 5.33. The summed E-state index contributed by atoms with van der Waals surface area (Å²) in [5, 5.41) is 1.18. The van der Waals surface area contributed by atoms with E-state index in [1.807, 2.05) is 18.3 Å². The summed E-state index contributed by atoms with van der Waals surface area (Å²) in [5.41, 5.74) is 8.16. The number of nitrogen functional groups attached to an aromatic ring is 1. The van der Waals surface area contributed by atoms with Crippen molar-refractivity contribution >= 4 is 22.4 Å². The lowest BCUT2D eigenvalue weighted by Crippen LogP contribution is -2.26. The van der Waals surface area contributed by atoms with Gasteiger partial charge in [-0.15, -0.1) is 0 Å². The summed E-state index contributed by atoms with van der Waals surface area (Å²) in [4.78, 5) is 6.62. The highest BCUT2D eigenvalue weighted by atomic mass is 32.1. The van der Waals surface area contributed by atoms with Crippen LogP contribution in [0.3, 0.4) is 0 Å². The molecule has 0 bridgehead atoms. The van der Waals surface area contributed by atoms with Crippen LogP contribution in [0.25, 0.3) is 11.1 Å². The normalized spacial score (nSPS) is 22.9. The predicted octanol–water partition coefficient (Wildman–Crippen LogP) is 3.02. The zero-order valence-corrected chi connectivity index (χ0v) is 12.0. The molecule has 1 saturated heterocycles. The van der Waals surface area contributed by atoms with Gasteiger partial charge in [0.2, 0.25) is 0 Å². The Morgan fingerprint density at radius 2 is 2.26 bits per heavy atom. The molecule has 0 saturated carbocycles. The molecular weight excluding hydrogens is 256 g/mol. The van der Waals surface area contributed by atoms with Crippen molar-refractivity contribution in [1.82, 2.24) is 9.36 Å². The molecule has 2 atom stereocenters. The predicted molar refractivity (Wildman–Crippen MR) is 80.3 cm³/mol. The summed E-state index contributed by atoms with van der Waals surface area (Å²) in [6.07, 6.45) is 4.86. The third-order valence-corrected chi connectivity index (χ3v) is 4.60. The van der Waals surface area contributed by atoms with Crippen LogP contribution in [0.4, 0.5) is 10.8 Å². The van der Waals surface area contributed by atoms with Gasteiger partial charge in [-0.2, -0.15) is 4.37 Å². The molecule has 0 amide bonds. The smallest absolute Gasteiger partial charge is 0.147 e. The largest absolute Gasteiger partial charge is 0.382 e. The Kier molecular flexibility index (Phi) is 3.14. The van der Waals surface area contributed by atoms with Gasteiger partial charge < -0.3 is 10.6 Å². The van der Waals surface area contributed by atoms with E-state index in [0.29, 0.717) is 11.9 Å². The Morgan fingerprint density at radius 3 is 2.89 bits per heavy atom. The van der Waals surface area contributed by atoms with Crippen LogP contribution < -0.4 is 10.6 Å². The first kappa shape index (κ1) is 12.4. The highest BCUT2D eigenvalue weighted by Gasteiger charge is 2.30. The first-order valence-corrected chi connectivity index (χ1v) is 7.36. The van der Waals surface area contributed by atoms with Gasteiger partial charge in [-0.3, -0.25) is 4.98 Å². The van der Waals surface area contributed by atoms with Crippen LogP contribution in [0.1, 0.15) is 20.3 Å². The number of anilines is 2. The van der Waals surface area contributed by atoms with Crippen LogP contribution in [0.5, 0.6) is 0 Å². The van der Waals surface area contributed by atoms with Crippen molar-refractivity contribution in [3.63, 3.8) is 0 Å². The monoisotopic (exact) mass is 274 g/mol. The van der Waals surface area contributed by atoms with Gasteiger partial charge in [-0.05, 0) is 36.9 Å². The number of aromatic nitrogens is 2. The van der Waals surface area contributed by atoms with Crippen molar-refractivity contribution in [3.8, 4) is 11.1 Å². The molecule has 3 rings (SSSR count). The lowest BCUT2D eigenvalue weighted by Gasteiger charge is -2.23. The van der Waals surface area contributed by atoms with Gasteiger partial charge >= 0.3 is 0 Å². The standard InChI is InChI=1S/C14H18N4S/c1-9-6-10(2)18(8-9)14-12(13(15)17-19-14)11-4-3-5-16-7-11/h3-5,7,9-10H,6,8H2,1-2H3,(H2,15,17). The van der Waals surface area contributed by atoms with Crippen LogP contribution in [0.15, 0.2) is 24.5 Å². The maximum absolute atomic E-state index is 6.07. The average molecular weight is 274 g/mol. The summed E-state index contributed by atoms with van der Waals surface area (Å²) in [7, 11) is 0. The minimum atomic E-state index is 0.547. The van der Waals surface area contributed by atoms with E-state index in [9.17, 15) is 0 Å². The quantitative estimate of drug-likeness (QED) is 0.914. The Balaban J connectivity index is 2.04. The third kappa shape index (κ3) is 2.18. The Labute approximate surface area is 117 Å². The summed E-state index contributed by atoms with van der Waals surface area (Å²) >= 11 is 1.50. The molecule has 2 aromatic rings. The highest BCUT2D eigenvalue weighted by Crippen LogP contribution is 2.42. The number of nitrogens with two attached hydrogens (primary N) is 1. The van der Waals surface area contributed by atoms with E-state index in [0.717, 1.165) is 23.6 Å². The summed E-state index contributed by atoms with van der Waals surface area (Å²) in [6.45, 7) is 5.65. The number of hydrogen-bond acceptors (Lipinski definition) is 5. The van der Waals surface area contributed by atoms with Gasteiger partial charge in [-0.25, -0.2) is 0 Å². The summed E-state index contributed by atoms with van der Waals surface area (Å²) in [6, 6.07) is 4.53. The topological polar surface area (TPSA) is 55.0 Å². The Morgan fingerprint density at radius 1 is 1.42 bits per heavy atom. The molecule has 4 nitrogen and oxygen atoms in total. The van der Waals surface area contributed by atoms with Crippen molar-refractivity contribution in [1.29, 1.82) is 0 Å². The minimum absolute atomic E-state index is 0.547. The summed E-state index contributed by atoms with van der Waals surface area (Å²) in [5.74, 6) is 1.33. The van der Waals surface area contributed by atoms with E-state index in [4.69, 9.17) is 5.73 Å². The lowest BCUT2D eigenvalue weighted by atomic mass is 10.1. The number of rotatable bonds is 2. The molecule has 2 unspecified atom stereocenters. The van der Waals surface area contributed by atoms with E-state index in [-0.39, 0.29) is 0 Å². The molecule has 2 aromatic heterocycles. The van der Waals surface area contributed by atoms with E-state index >= 15 is 0 Å². The molecular formula is C14H18N4S. The van der Waals surface area contributed by atoms with E-state index in [2.05, 4.69) is 28.1 Å². The fraction of sp³-hybridized carbons (Fsp3) is 0.429. The Hall–Kier alpha value is -1.62. The second kappa shape index (κ2) is 4.81. The molecule has 1 aliphatic heterocycles. The third-order valence-electron chi connectivity index (χ3n) is 3.70. The maximum Gasteiger partial charge on any atom is 0.147 e. The number of hydrogen-bond donors (Lipinski definition) is 1. The molecule has 0 aliphatic carbocycles. The molecule has 0 aromatic carbocycles. The van der Waals surface area contributed by atoms with Crippen molar-refractivity contribution in [3.05, 3.63) is 24.5 Å².